The van der Waals surface area contributed by atoms with Crippen molar-refractivity contribution < 1.29 is 27.5 Å². The van der Waals surface area contributed by atoms with Gasteiger partial charge in [0, 0.05) is 6.04 Å². The lowest BCUT2D eigenvalue weighted by Gasteiger charge is -2.20. The maximum absolute atomic E-state index is 12.1. The molecule has 0 saturated heterocycles. The van der Waals surface area contributed by atoms with Crippen molar-refractivity contribution in [1.29, 1.82) is 0 Å². The van der Waals surface area contributed by atoms with Gasteiger partial charge in [0.05, 0.1) is 25.9 Å². The number of carbonyl (C=O) groups is 2. The number of rotatable bonds is 8. The van der Waals surface area contributed by atoms with Gasteiger partial charge in [0.25, 0.3) is 0 Å². The molecule has 0 amide bonds. The zero-order valence-electron chi connectivity index (χ0n) is 11.1. The van der Waals surface area contributed by atoms with Crippen LogP contribution in [0.4, 0.5) is 0 Å². The molecule has 0 aliphatic heterocycles. The number of nitrogens with zero attached hydrogens (tertiary/aromatic N) is 1. The van der Waals surface area contributed by atoms with Crippen LogP contribution in [0.2, 0.25) is 0 Å². The summed E-state index contributed by atoms with van der Waals surface area (Å²) in [4.78, 5) is 22.4. The molecule has 8 heteroatoms. The molecule has 0 heterocycles. The summed E-state index contributed by atoms with van der Waals surface area (Å²) in [5.74, 6) is -1.51. The Morgan fingerprint density at radius 2 is 1.89 bits per heavy atom. The summed E-state index contributed by atoms with van der Waals surface area (Å²) in [5, 5.41) is 0. The number of hydrogen-bond donors (Lipinski definition) is 0. The van der Waals surface area contributed by atoms with Crippen molar-refractivity contribution in [3.63, 3.8) is 0 Å². The summed E-state index contributed by atoms with van der Waals surface area (Å²) in [7, 11) is -2.45. The second-order valence-corrected chi connectivity index (χ2v) is 6.26. The molecule has 1 fully saturated rings. The molecule has 110 valence electrons. The van der Waals surface area contributed by atoms with Gasteiger partial charge in [-0.1, -0.05) is 0 Å². The second kappa shape index (κ2) is 6.85. The zero-order chi connectivity index (χ0) is 14.5. The molecular weight excluding hydrogens is 274 g/mol. The fourth-order valence-corrected chi connectivity index (χ4v) is 3.21. The fraction of sp³-hybridized carbons (Fsp3) is 0.818. The molecule has 1 aliphatic rings. The van der Waals surface area contributed by atoms with E-state index in [4.69, 9.17) is 4.74 Å². The van der Waals surface area contributed by atoms with Crippen LogP contribution in [0.15, 0.2) is 0 Å². The van der Waals surface area contributed by atoms with Crippen molar-refractivity contribution in [2.75, 3.05) is 26.0 Å². The normalized spacial score (nSPS) is 15.3. The third kappa shape index (κ3) is 5.15. The number of methoxy groups -OCH3 is 1. The van der Waals surface area contributed by atoms with E-state index >= 15 is 0 Å². The van der Waals surface area contributed by atoms with E-state index in [0.717, 1.165) is 17.1 Å². The molecule has 0 bridgehead atoms. The SMILES string of the molecule is CCOC(=O)CN(C1CC1)S(=O)(=O)CCC(=O)OC. The molecule has 1 rings (SSSR count). The first-order chi connectivity index (χ1) is 8.90. The van der Waals surface area contributed by atoms with E-state index in [0.29, 0.717) is 0 Å². The predicted molar refractivity (Wildman–Crippen MR) is 66.8 cm³/mol. The lowest BCUT2D eigenvalue weighted by atomic mass is 10.5. The van der Waals surface area contributed by atoms with Crippen LogP contribution in [-0.2, 0) is 29.1 Å². The monoisotopic (exact) mass is 293 g/mol. The summed E-state index contributed by atoms with van der Waals surface area (Å²) in [6.07, 6.45) is 1.25. The van der Waals surface area contributed by atoms with Crippen molar-refractivity contribution in [2.24, 2.45) is 0 Å². The first-order valence-electron chi connectivity index (χ1n) is 6.12. The fourth-order valence-electron chi connectivity index (χ4n) is 1.58. The van der Waals surface area contributed by atoms with Crippen LogP contribution in [-0.4, -0.2) is 56.7 Å². The third-order valence-corrected chi connectivity index (χ3v) is 4.56. The Balaban J connectivity index is 2.63. The van der Waals surface area contributed by atoms with Gasteiger partial charge in [-0.3, -0.25) is 9.59 Å². The standard InChI is InChI=1S/C11H19NO6S/c1-3-18-11(14)8-12(9-4-5-9)19(15,16)7-6-10(13)17-2/h9H,3-8H2,1-2H3. The first kappa shape index (κ1) is 15.9. The molecule has 0 atom stereocenters. The molecule has 1 aliphatic carbocycles. The highest BCUT2D eigenvalue weighted by Gasteiger charge is 2.38. The van der Waals surface area contributed by atoms with E-state index < -0.39 is 22.0 Å². The quantitative estimate of drug-likeness (QED) is 0.581. The summed E-state index contributed by atoms with van der Waals surface area (Å²) in [6.45, 7) is 1.58. The molecule has 1 saturated carbocycles. The minimum absolute atomic E-state index is 0.146. The summed E-state index contributed by atoms with van der Waals surface area (Å²) in [5.41, 5.74) is 0. The van der Waals surface area contributed by atoms with E-state index in [9.17, 15) is 18.0 Å². The maximum atomic E-state index is 12.1. The van der Waals surface area contributed by atoms with Gasteiger partial charge >= 0.3 is 11.9 Å². The molecule has 0 N–H and O–H groups in total. The summed E-state index contributed by atoms with van der Waals surface area (Å²) >= 11 is 0. The molecule has 0 spiro atoms. The highest BCUT2D eigenvalue weighted by Crippen LogP contribution is 2.29. The van der Waals surface area contributed by atoms with Crippen LogP contribution in [0, 0.1) is 0 Å². The minimum Gasteiger partial charge on any atom is -0.469 e. The Kier molecular flexibility index (Phi) is 5.74. The van der Waals surface area contributed by atoms with Gasteiger partial charge in [-0.25, -0.2) is 8.42 Å². The summed E-state index contributed by atoms with van der Waals surface area (Å²) < 4.78 is 34.5. The molecule has 0 aromatic rings. The number of hydrogen-bond acceptors (Lipinski definition) is 6. The van der Waals surface area contributed by atoms with Crippen molar-refractivity contribution in [2.45, 2.75) is 32.2 Å². The van der Waals surface area contributed by atoms with E-state index in [1.165, 1.54) is 7.11 Å². The number of ether oxygens (including phenoxy) is 2. The van der Waals surface area contributed by atoms with Crippen LogP contribution in [0.3, 0.4) is 0 Å². The van der Waals surface area contributed by atoms with Crippen LogP contribution in [0.5, 0.6) is 0 Å². The van der Waals surface area contributed by atoms with Crippen LogP contribution in [0.1, 0.15) is 26.2 Å². The zero-order valence-corrected chi connectivity index (χ0v) is 11.9. The molecule has 0 aromatic carbocycles. The van der Waals surface area contributed by atoms with Crippen molar-refractivity contribution in [3.05, 3.63) is 0 Å². The van der Waals surface area contributed by atoms with Crippen LogP contribution >= 0.6 is 0 Å². The molecule has 0 aromatic heterocycles. The Bertz CT molecular complexity index is 428. The third-order valence-electron chi connectivity index (χ3n) is 2.69. The van der Waals surface area contributed by atoms with Gasteiger partial charge in [0.15, 0.2) is 0 Å². The largest absolute Gasteiger partial charge is 0.469 e. The predicted octanol–water partition coefficient (Wildman–Crippen LogP) is -0.0932. The van der Waals surface area contributed by atoms with E-state index in [1.807, 2.05) is 0 Å². The van der Waals surface area contributed by atoms with Gasteiger partial charge in [-0.2, -0.15) is 4.31 Å². The number of sulfonamides is 1. The molecule has 19 heavy (non-hydrogen) atoms. The van der Waals surface area contributed by atoms with Gasteiger partial charge < -0.3 is 9.47 Å². The average molecular weight is 293 g/mol. The van der Waals surface area contributed by atoms with Crippen molar-refractivity contribution in [1.82, 2.24) is 4.31 Å². The smallest absolute Gasteiger partial charge is 0.321 e. The lowest BCUT2D eigenvalue weighted by molar-refractivity contribution is -0.143. The van der Waals surface area contributed by atoms with Crippen molar-refractivity contribution >= 4 is 22.0 Å². The minimum atomic E-state index is -3.65. The average Bonchev–Trinajstić information content (AvgIpc) is 3.17. The Morgan fingerprint density at radius 3 is 2.37 bits per heavy atom. The van der Waals surface area contributed by atoms with Gasteiger partial charge in [0.1, 0.15) is 6.54 Å². The highest BCUT2D eigenvalue weighted by atomic mass is 32.2. The maximum Gasteiger partial charge on any atom is 0.321 e. The molecule has 0 radical (unpaired) electrons. The number of esters is 2. The van der Waals surface area contributed by atoms with Gasteiger partial charge in [0.2, 0.25) is 10.0 Å². The Morgan fingerprint density at radius 1 is 1.26 bits per heavy atom. The lowest BCUT2D eigenvalue weighted by Crippen LogP contribution is -2.40. The van der Waals surface area contributed by atoms with E-state index in [2.05, 4.69) is 4.74 Å². The van der Waals surface area contributed by atoms with Crippen LogP contribution < -0.4 is 0 Å². The molecule has 7 nitrogen and oxygen atoms in total. The molecular formula is C11H19NO6S. The number of carbonyl (C=O) groups excluding carboxylic acids is 2. The van der Waals surface area contributed by atoms with Gasteiger partial charge in [-0.15, -0.1) is 0 Å². The second-order valence-electron chi connectivity index (χ2n) is 4.22. The van der Waals surface area contributed by atoms with E-state index in [-0.39, 0.29) is 31.4 Å². The molecule has 0 unspecified atom stereocenters. The van der Waals surface area contributed by atoms with Crippen LogP contribution in [0.25, 0.3) is 0 Å². The highest BCUT2D eigenvalue weighted by molar-refractivity contribution is 7.89. The topological polar surface area (TPSA) is 90.0 Å². The first-order valence-corrected chi connectivity index (χ1v) is 7.73. The Labute approximate surface area is 112 Å². The van der Waals surface area contributed by atoms with E-state index in [1.54, 1.807) is 6.92 Å². The summed E-state index contributed by atoms with van der Waals surface area (Å²) in [6, 6.07) is -0.146. The van der Waals surface area contributed by atoms with Crippen molar-refractivity contribution in [3.8, 4) is 0 Å². The Hall–Kier alpha value is -1.15. The van der Waals surface area contributed by atoms with Gasteiger partial charge in [-0.05, 0) is 19.8 Å².